The normalized spacial score (nSPS) is 12.2. The molecule has 0 radical (unpaired) electrons. The molecule has 0 aliphatic rings. The minimum Gasteiger partial charge on any atom is -0.281 e. The lowest BCUT2D eigenvalue weighted by Gasteiger charge is -2.04. The Morgan fingerprint density at radius 2 is 2.00 bits per heavy atom. The molecule has 0 saturated carbocycles. The van der Waals surface area contributed by atoms with E-state index < -0.39 is 32.7 Å². The van der Waals surface area contributed by atoms with Crippen LogP contribution in [0.4, 0.5) is 19.0 Å². The highest BCUT2D eigenvalue weighted by atomic mass is 32.2. The molecule has 0 unspecified atom stereocenters. The number of nitrogens with one attached hydrogen (secondary N) is 1. The maximum Gasteiger partial charge on any atom is 0.423 e. The summed E-state index contributed by atoms with van der Waals surface area (Å²) in [6.07, 6.45) is -4.36. The Kier molecular flexibility index (Phi) is 2.86. The van der Waals surface area contributed by atoms with Crippen LogP contribution in [-0.2, 0) is 21.1 Å². The minimum atomic E-state index is -5.17. The minimum absolute atomic E-state index is 0.789. The number of aromatic nitrogens is 2. The summed E-state index contributed by atoms with van der Waals surface area (Å²) in [6, 6.07) is 0. The van der Waals surface area contributed by atoms with Gasteiger partial charge in [0.15, 0.2) is 5.82 Å². The van der Waals surface area contributed by atoms with Gasteiger partial charge in [-0.2, -0.15) is 26.7 Å². The molecule has 1 rings (SSSR count). The molecule has 0 aromatic carbocycles. The van der Waals surface area contributed by atoms with Gasteiger partial charge in [-0.25, -0.2) is 4.79 Å². The van der Waals surface area contributed by atoms with Crippen molar-refractivity contribution in [3.8, 4) is 0 Å². The first kappa shape index (κ1) is 12.4. The van der Waals surface area contributed by atoms with E-state index in [-0.39, 0.29) is 0 Å². The van der Waals surface area contributed by atoms with Gasteiger partial charge in [-0.1, -0.05) is 0 Å². The van der Waals surface area contributed by atoms with Crippen LogP contribution in [0.3, 0.4) is 0 Å². The predicted octanol–water partition coefficient (Wildman–Crippen LogP) is 0.643. The third-order valence-electron chi connectivity index (χ3n) is 1.40. The Morgan fingerprint density at radius 1 is 1.44 bits per heavy atom. The number of H-pyrrole nitrogens is 1. The summed E-state index contributed by atoms with van der Waals surface area (Å²) in [5.41, 5.74) is -1.85. The SMILES string of the molecule is O=C=Nc1[nH]nc(S(=O)(=O)O)c1C(F)(F)F. The molecule has 88 valence electrons. The van der Waals surface area contributed by atoms with Crippen molar-refractivity contribution in [3.63, 3.8) is 0 Å². The zero-order chi connectivity index (χ0) is 12.6. The maximum absolute atomic E-state index is 12.4. The number of carbonyl (C=O) groups excluding carboxylic acids is 1. The van der Waals surface area contributed by atoms with E-state index >= 15 is 0 Å². The second-order valence-corrected chi connectivity index (χ2v) is 3.77. The number of isocyanates is 1. The van der Waals surface area contributed by atoms with Crippen LogP contribution in [0.5, 0.6) is 0 Å². The first-order valence-corrected chi connectivity index (χ1v) is 4.83. The Bertz CT molecular complexity index is 554. The molecule has 1 aromatic rings. The van der Waals surface area contributed by atoms with Gasteiger partial charge in [-0.3, -0.25) is 9.65 Å². The molecular weight excluding hydrogens is 255 g/mol. The Hall–Kier alpha value is -1.71. The molecule has 0 amide bonds. The predicted molar refractivity (Wildman–Crippen MR) is 41.2 cm³/mol. The number of aromatic amines is 1. The van der Waals surface area contributed by atoms with Crippen molar-refractivity contribution in [2.45, 2.75) is 11.2 Å². The van der Waals surface area contributed by atoms with Gasteiger partial charge in [0.2, 0.25) is 11.1 Å². The molecule has 0 atom stereocenters. The summed E-state index contributed by atoms with van der Waals surface area (Å²) in [6.45, 7) is 0. The molecule has 0 aliphatic heterocycles. The van der Waals surface area contributed by atoms with Crippen LogP contribution in [0.25, 0.3) is 0 Å². The maximum atomic E-state index is 12.4. The third kappa shape index (κ3) is 2.27. The van der Waals surface area contributed by atoms with Crippen LogP contribution in [0.1, 0.15) is 5.56 Å². The molecule has 1 heterocycles. The van der Waals surface area contributed by atoms with Gasteiger partial charge in [0.05, 0.1) is 0 Å². The summed E-state index contributed by atoms with van der Waals surface area (Å²) in [5, 5.41) is 2.62. The van der Waals surface area contributed by atoms with Crippen LogP contribution in [0.2, 0.25) is 0 Å². The molecule has 0 bridgehead atoms. The summed E-state index contributed by atoms with van der Waals surface area (Å²) in [5.74, 6) is -1.14. The first-order chi connectivity index (χ1) is 7.18. The van der Waals surface area contributed by atoms with Crippen molar-refractivity contribution in [2.75, 3.05) is 0 Å². The fourth-order valence-corrected chi connectivity index (χ4v) is 1.52. The van der Waals surface area contributed by atoms with Crippen molar-refractivity contribution < 1.29 is 30.9 Å². The van der Waals surface area contributed by atoms with Crippen molar-refractivity contribution >= 4 is 22.0 Å². The van der Waals surface area contributed by atoms with E-state index in [1.807, 2.05) is 0 Å². The topological polar surface area (TPSA) is 112 Å². The average Bonchev–Trinajstić information content (AvgIpc) is 2.46. The molecule has 0 saturated heterocycles. The highest BCUT2D eigenvalue weighted by molar-refractivity contribution is 7.85. The summed E-state index contributed by atoms with van der Waals surface area (Å²) in [7, 11) is -5.17. The number of alkyl halides is 3. The molecule has 7 nitrogen and oxygen atoms in total. The lowest BCUT2D eigenvalue weighted by Crippen LogP contribution is -2.11. The quantitative estimate of drug-likeness (QED) is 0.458. The summed E-state index contributed by atoms with van der Waals surface area (Å²) >= 11 is 0. The third-order valence-corrected chi connectivity index (χ3v) is 2.18. The van der Waals surface area contributed by atoms with Gasteiger partial charge in [-0.05, 0) is 0 Å². The van der Waals surface area contributed by atoms with Gasteiger partial charge < -0.3 is 0 Å². The van der Waals surface area contributed by atoms with E-state index in [1.165, 1.54) is 0 Å². The summed E-state index contributed by atoms with van der Waals surface area (Å²) in [4.78, 5) is 12.4. The highest BCUT2D eigenvalue weighted by Gasteiger charge is 2.42. The molecule has 16 heavy (non-hydrogen) atoms. The number of rotatable bonds is 2. The van der Waals surface area contributed by atoms with E-state index in [0.717, 1.165) is 6.08 Å². The van der Waals surface area contributed by atoms with Crippen LogP contribution in [0, 0.1) is 0 Å². The molecule has 2 N–H and O–H groups in total. The van der Waals surface area contributed by atoms with E-state index in [2.05, 4.69) is 10.1 Å². The molecule has 0 spiro atoms. The summed E-state index contributed by atoms with van der Waals surface area (Å²) < 4.78 is 66.7. The van der Waals surface area contributed by atoms with E-state index in [1.54, 1.807) is 5.10 Å². The van der Waals surface area contributed by atoms with Gasteiger partial charge >= 0.3 is 16.3 Å². The van der Waals surface area contributed by atoms with Crippen LogP contribution in [-0.4, -0.2) is 29.2 Å². The zero-order valence-electron chi connectivity index (χ0n) is 7.11. The van der Waals surface area contributed by atoms with Gasteiger partial charge in [0, 0.05) is 0 Å². The van der Waals surface area contributed by atoms with E-state index in [9.17, 15) is 26.4 Å². The number of halogens is 3. The van der Waals surface area contributed by atoms with Crippen LogP contribution >= 0.6 is 0 Å². The average molecular weight is 257 g/mol. The number of nitrogens with zero attached hydrogens (tertiary/aromatic N) is 2. The molecule has 1 aromatic heterocycles. The van der Waals surface area contributed by atoms with Crippen molar-refractivity contribution in [3.05, 3.63) is 5.56 Å². The molecule has 0 aliphatic carbocycles. The van der Waals surface area contributed by atoms with Gasteiger partial charge in [0.25, 0.3) is 0 Å². The molecule has 11 heteroatoms. The second-order valence-electron chi connectivity index (χ2n) is 2.43. The Balaban J connectivity index is 3.62. The van der Waals surface area contributed by atoms with E-state index in [0.29, 0.717) is 0 Å². The fourth-order valence-electron chi connectivity index (χ4n) is 0.886. The number of hydrogen-bond donors (Lipinski definition) is 2. The monoisotopic (exact) mass is 257 g/mol. The molecule has 0 fully saturated rings. The van der Waals surface area contributed by atoms with Crippen molar-refractivity contribution in [1.29, 1.82) is 0 Å². The van der Waals surface area contributed by atoms with Crippen LogP contribution in [0.15, 0.2) is 10.0 Å². The zero-order valence-corrected chi connectivity index (χ0v) is 7.93. The standard InChI is InChI=1S/C5H2F3N3O4S/c6-5(7,8)2-3(9-1-12)10-11-4(2)16(13,14)15/h(H,10,11)(H,13,14,15). The lowest BCUT2D eigenvalue weighted by atomic mass is 10.3. The smallest absolute Gasteiger partial charge is 0.281 e. The first-order valence-electron chi connectivity index (χ1n) is 3.39. The number of hydrogen-bond acceptors (Lipinski definition) is 5. The Morgan fingerprint density at radius 3 is 2.38 bits per heavy atom. The van der Waals surface area contributed by atoms with Crippen molar-refractivity contribution in [2.24, 2.45) is 4.99 Å². The second kappa shape index (κ2) is 3.70. The van der Waals surface area contributed by atoms with Gasteiger partial charge in [0.1, 0.15) is 5.56 Å². The largest absolute Gasteiger partial charge is 0.423 e. The molecular formula is C5H2F3N3O4S. The Labute approximate surface area is 85.7 Å². The van der Waals surface area contributed by atoms with E-state index in [4.69, 9.17) is 4.55 Å². The lowest BCUT2D eigenvalue weighted by molar-refractivity contribution is -0.139. The highest BCUT2D eigenvalue weighted by Crippen LogP contribution is 2.38. The fraction of sp³-hybridized carbons (Fsp3) is 0.200. The van der Waals surface area contributed by atoms with Crippen LogP contribution < -0.4 is 0 Å². The number of aliphatic imine (C=N–C) groups is 1. The van der Waals surface area contributed by atoms with Crippen molar-refractivity contribution in [1.82, 2.24) is 10.2 Å². The van der Waals surface area contributed by atoms with Gasteiger partial charge in [-0.15, -0.1) is 4.99 Å².